The van der Waals surface area contributed by atoms with E-state index >= 15 is 0 Å². The zero-order chi connectivity index (χ0) is 20.6. The van der Waals surface area contributed by atoms with Crippen LogP contribution in [0.25, 0.3) is 0 Å². The molecule has 0 saturated carbocycles. The average molecular weight is 387 g/mol. The van der Waals surface area contributed by atoms with Gasteiger partial charge in [0.25, 0.3) is 11.8 Å². The van der Waals surface area contributed by atoms with E-state index in [4.69, 9.17) is 0 Å². The highest BCUT2D eigenvalue weighted by Crippen LogP contribution is 2.12. The molecule has 0 saturated heterocycles. The van der Waals surface area contributed by atoms with E-state index in [1.54, 1.807) is 42.5 Å². The summed E-state index contributed by atoms with van der Waals surface area (Å²) in [5, 5.41) is 8.32. The average Bonchev–Trinajstić information content (AvgIpc) is 2.72. The molecule has 6 nitrogen and oxygen atoms in total. The number of benzene rings is 3. The van der Waals surface area contributed by atoms with Gasteiger partial charge in [-0.1, -0.05) is 36.4 Å². The largest absolute Gasteiger partial charge is 0.348 e. The van der Waals surface area contributed by atoms with E-state index in [-0.39, 0.29) is 24.3 Å². The maximum absolute atomic E-state index is 12.4. The summed E-state index contributed by atoms with van der Waals surface area (Å²) in [7, 11) is 0. The van der Waals surface area contributed by atoms with Gasteiger partial charge in [-0.05, 0) is 48.0 Å². The lowest BCUT2D eigenvalue weighted by atomic mass is 10.1. The summed E-state index contributed by atoms with van der Waals surface area (Å²) in [4.78, 5) is 36.0. The molecule has 0 fully saturated rings. The maximum Gasteiger partial charge on any atom is 0.255 e. The van der Waals surface area contributed by atoms with Crippen molar-refractivity contribution >= 4 is 29.1 Å². The van der Waals surface area contributed by atoms with Crippen LogP contribution in [-0.2, 0) is 11.3 Å². The first-order chi connectivity index (χ1) is 14.0. The van der Waals surface area contributed by atoms with E-state index in [0.717, 1.165) is 11.3 Å². The minimum absolute atomic E-state index is 0.201. The standard InChI is InChI=1S/C23H21N3O3/c1-16(27)25-21-12-6-9-19(14-21)22(28)24-15-17-7-5-8-18(13-17)23(29)26-20-10-3-2-4-11-20/h2-14H,15H2,1H3,(H,24,28)(H,25,27)(H,26,29). The van der Waals surface area contributed by atoms with Crippen LogP contribution in [0.4, 0.5) is 11.4 Å². The molecule has 3 amide bonds. The van der Waals surface area contributed by atoms with Gasteiger partial charge in [0.05, 0.1) is 0 Å². The minimum atomic E-state index is -0.267. The molecule has 3 aromatic carbocycles. The van der Waals surface area contributed by atoms with Gasteiger partial charge in [-0.15, -0.1) is 0 Å². The quantitative estimate of drug-likeness (QED) is 0.601. The van der Waals surface area contributed by atoms with E-state index in [9.17, 15) is 14.4 Å². The molecule has 0 spiro atoms. The van der Waals surface area contributed by atoms with Crippen LogP contribution in [0.15, 0.2) is 78.9 Å². The normalized spacial score (nSPS) is 10.1. The molecule has 0 atom stereocenters. The summed E-state index contributed by atoms with van der Waals surface area (Å²) in [5.74, 6) is -0.683. The molecule has 3 rings (SSSR count). The summed E-state index contributed by atoms with van der Waals surface area (Å²) in [6.45, 7) is 1.68. The molecule has 0 aromatic heterocycles. The molecule has 0 aliphatic rings. The Morgan fingerprint density at radius 3 is 2.07 bits per heavy atom. The molecule has 0 unspecified atom stereocenters. The Hall–Kier alpha value is -3.93. The molecule has 146 valence electrons. The predicted molar refractivity (Wildman–Crippen MR) is 113 cm³/mol. The van der Waals surface area contributed by atoms with Gasteiger partial charge in [0.2, 0.25) is 5.91 Å². The van der Waals surface area contributed by atoms with Gasteiger partial charge in [0, 0.05) is 36.0 Å². The maximum atomic E-state index is 12.4. The molecular weight excluding hydrogens is 366 g/mol. The molecular formula is C23H21N3O3. The van der Waals surface area contributed by atoms with Gasteiger partial charge in [-0.3, -0.25) is 14.4 Å². The fraction of sp³-hybridized carbons (Fsp3) is 0.0870. The van der Waals surface area contributed by atoms with E-state index in [0.29, 0.717) is 16.8 Å². The zero-order valence-corrected chi connectivity index (χ0v) is 15.9. The van der Waals surface area contributed by atoms with Crippen molar-refractivity contribution in [3.05, 3.63) is 95.6 Å². The molecule has 0 aliphatic heterocycles. The second kappa shape index (κ2) is 9.32. The Morgan fingerprint density at radius 1 is 0.690 bits per heavy atom. The highest BCUT2D eigenvalue weighted by Gasteiger charge is 2.09. The van der Waals surface area contributed by atoms with Crippen LogP contribution in [-0.4, -0.2) is 17.7 Å². The first-order valence-corrected chi connectivity index (χ1v) is 9.12. The van der Waals surface area contributed by atoms with Crippen LogP contribution in [0.1, 0.15) is 33.2 Å². The van der Waals surface area contributed by atoms with Gasteiger partial charge >= 0.3 is 0 Å². The summed E-state index contributed by atoms with van der Waals surface area (Å²) in [5.41, 5.74) is 3.03. The number of para-hydroxylation sites is 1. The number of rotatable bonds is 6. The number of nitrogens with one attached hydrogen (secondary N) is 3. The highest BCUT2D eigenvalue weighted by molar-refractivity contribution is 6.04. The Morgan fingerprint density at radius 2 is 1.34 bits per heavy atom. The van der Waals surface area contributed by atoms with E-state index < -0.39 is 0 Å². The van der Waals surface area contributed by atoms with Gasteiger partial charge in [-0.25, -0.2) is 0 Å². The van der Waals surface area contributed by atoms with Crippen LogP contribution in [0.3, 0.4) is 0 Å². The molecule has 3 aromatic rings. The lowest BCUT2D eigenvalue weighted by Gasteiger charge is -2.09. The molecule has 0 heterocycles. The summed E-state index contributed by atoms with van der Waals surface area (Å²) >= 11 is 0. The van der Waals surface area contributed by atoms with Crippen LogP contribution in [0.5, 0.6) is 0 Å². The topological polar surface area (TPSA) is 87.3 Å². The van der Waals surface area contributed by atoms with Crippen LogP contribution >= 0.6 is 0 Å². The van der Waals surface area contributed by atoms with Crippen molar-refractivity contribution in [2.75, 3.05) is 10.6 Å². The van der Waals surface area contributed by atoms with Crippen LogP contribution in [0, 0.1) is 0 Å². The van der Waals surface area contributed by atoms with Crippen molar-refractivity contribution in [1.82, 2.24) is 5.32 Å². The first-order valence-electron chi connectivity index (χ1n) is 9.12. The Labute approximate surface area is 169 Å². The Balaban J connectivity index is 1.62. The SMILES string of the molecule is CC(=O)Nc1cccc(C(=O)NCc2cccc(C(=O)Nc3ccccc3)c2)c1. The fourth-order valence-electron chi connectivity index (χ4n) is 2.77. The third kappa shape index (κ3) is 5.77. The van der Waals surface area contributed by atoms with Crippen molar-refractivity contribution in [3.8, 4) is 0 Å². The van der Waals surface area contributed by atoms with Crippen molar-refractivity contribution in [3.63, 3.8) is 0 Å². The summed E-state index contributed by atoms with van der Waals surface area (Å²) in [6.07, 6.45) is 0. The van der Waals surface area contributed by atoms with E-state index in [1.165, 1.54) is 6.92 Å². The van der Waals surface area contributed by atoms with Crippen molar-refractivity contribution < 1.29 is 14.4 Å². The monoisotopic (exact) mass is 387 g/mol. The lowest BCUT2D eigenvalue weighted by Crippen LogP contribution is -2.23. The molecule has 6 heteroatoms. The zero-order valence-electron chi connectivity index (χ0n) is 15.9. The van der Waals surface area contributed by atoms with Gasteiger partial charge in [-0.2, -0.15) is 0 Å². The number of hydrogen-bond acceptors (Lipinski definition) is 3. The summed E-state index contributed by atoms with van der Waals surface area (Å²) in [6, 6.07) is 23.0. The lowest BCUT2D eigenvalue weighted by molar-refractivity contribution is -0.114. The summed E-state index contributed by atoms with van der Waals surface area (Å²) < 4.78 is 0. The van der Waals surface area contributed by atoms with E-state index in [2.05, 4.69) is 16.0 Å². The van der Waals surface area contributed by atoms with Gasteiger partial charge in [0.15, 0.2) is 0 Å². The fourth-order valence-corrected chi connectivity index (χ4v) is 2.77. The number of anilines is 2. The third-order valence-corrected chi connectivity index (χ3v) is 4.12. The van der Waals surface area contributed by atoms with Crippen molar-refractivity contribution in [2.45, 2.75) is 13.5 Å². The van der Waals surface area contributed by atoms with E-state index in [1.807, 2.05) is 36.4 Å². The second-order valence-corrected chi connectivity index (χ2v) is 6.47. The molecule has 0 aliphatic carbocycles. The van der Waals surface area contributed by atoms with Crippen molar-refractivity contribution in [1.29, 1.82) is 0 Å². The van der Waals surface area contributed by atoms with Crippen LogP contribution < -0.4 is 16.0 Å². The number of carbonyl (C=O) groups is 3. The Bertz CT molecular complexity index is 1030. The molecule has 0 bridgehead atoms. The Kier molecular flexibility index (Phi) is 6.37. The first kappa shape index (κ1) is 19.8. The minimum Gasteiger partial charge on any atom is -0.348 e. The smallest absolute Gasteiger partial charge is 0.255 e. The molecule has 3 N–H and O–H groups in total. The van der Waals surface area contributed by atoms with Crippen molar-refractivity contribution in [2.24, 2.45) is 0 Å². The van der Waals surface area contributed by atoms with Gasteiger partial charge in [0.1, 0.15) is 0 Å². The number of carbonyl (C=O) groups excluding carboxylic acids is 3. The number of hydrogen-bond donors (Lipinski definition) is 3. The highest BCUT2D eigenvalue weighted by atomic mass is 16.2. The third-order valence-electron chi connectivity index (χ3n) is 4.12. The second-order valence-electron chi connectivity index (χ2n) is 6.47. The number of amides is 3. The molecule has 0 radical (unpaired) electrons. The van der Waals surface area contributed by atoms with Gasteiger partial charge < -0.3 is 16.0 Å². The molecule has 29 heavy (non-hydrogen) atoms. The van der Waals surface area contributed by atoms with Crippen LogP contribution in [0.2, 0.25) is 0 Å². The predicted octanol–water partition coefficient (Wildman–Crippen LogP) is 3.83.